The van der Waals surface area contributed by atoms with Crippen LogP contribution in [0.25, 0.3) is 0 Å². The van der Waals surface area contributed by atoms with Crippen molar-refractivity contribution in [3.63, 3.8) is 0 Å². The molecule has 0 N–H and O–H groups in total. The van der Waals surface area contributed by atoms with Gasteiger partial charge in [0.15, 0.2) is 0 Å². The minimum Gasteiger partial charge on any atom is -0.289 e. The van der Waals surface area contributed by atoms with Gasteiger partial charge in [-0.25, -0.2) is 0 Å². The van der Waals surface area contributed by atoms with Gasteiger partial charge in [-0.3, -0.25) is 4.99 Å². The summed E-state index contributed by atoms with van der Waals surface area (Å²) in [7, 11) is 0. The zero-order chi connectivity index (χ0) is 13.6. The highest BCUT2D eigenvalue weighted by atomic mass is 14.7. The molecule has 0 aliphatic heterocycles. The van der Waals surface area contributed by atoms with Crippen molar-refractivity contribution in [1.29, 1.82) is 0 Å². The van der Waals surface area contributed by atoms with E-state index in [0.29, 0.717) is 5.41 Å². The van der Waals surface area contributed by atoms with Crippen LogP contribution in [0.5, 0.6) is 0 Å². The summed E-state index contributed by atoms with van der Waals surface area (Å²) in [6.45, 7) is 13.4. The molecule has 0 spiro atoms. The lowest BCUT2D eigenvalue weighted by Gasteiger charge is -2.18. The summed E-state index contributed by atoms with van der Waals surface area (Å²) in [5.41, 5.74) is 4.17. The minimum absolute atomic E-state index is 0.334. The molecule has 0 radical (unpaired) electrons. The highest BCUT2D eigenvalue weighted by Crippen LogP contribution is 2.21. The van der Waals surface area contributed by atoms with Gasteiger partial charge in [0.2, 0.25) is 0 Å². The maximum Gasteiger partial charge on any atom is 0.0639 e. The zero-order valence-electron chi connectivity index (χ0n) is 12.2. The number of hydrogen-bond donors (Lipinski definition) is 0. The van der Waals surface area contributed by atoms with E-state index in [4.69, 9.17) is 0 Å². The number of nitrogens with zero attached hydrogens (tertiary/aromatic N) is 1. The number of allylic oxidation sites excluding steroid dienone is 1. The molecule has 1 rings (SSSR count). The summed E-state index contributed by atoms with van der Waals surface area (Å²) in [5.74, 6) is 0. The SMILES string of the molecule is C=CCC(C)=NCc1cccc(CC(C)(C)C)c1. The molecule has 0 bridgehead atoms. The third-order valence-electron chi connectivity index (χ3n) is 2.70. The molecule has 0 heterocycles. The van der Waals surface area contributed by atoms with Crippen molar-refractivity contribution in [2.24, 2.45) is 10.4 Å². The van der Waals surface area contributed by atoms with E-state index in [0.717, 1.165) is 25.1 Å². The van der Waals surface area contributed by atoms with Crippen molar-refractivity contribution in [2.75, 3.05) is 0 Å². The molecule has 0 saturated carbocycles. The van der Waals surface area contributed by atoms with Crippen molar-refractivity contribution in [3.8, 4) is 0 Å². The summed E-state index contributed by atoms with van der Waals surface area (Å²) in [5, 5.41) is 0. The average molecular weight is 243 g/mol. The molecule has 0 saturated heterocycles. The molecule has 0 atom stereocenters. The molecule has 1 nitrogen and oxygen atoms in total. The predicted molar refractivity (Wildman–Crippen MR) is 81.2 cm³/mol. The number of aliphatic imine (C=N–C) groups is 1. The van der Waals surface area contributed by atoms with Gasteiger partial charge in [0.05, 0.1) is 6.54 Å². The number of hydrogen-bond acceptors (Lipinski definition) is 1. The second-order valence-corrected chi connectivity index (χ2v) is 6.10. The lowest BCUT2D eigenvalue weighted by molar-refractivity contribution is 0.411. The summed E-state index contributed by atoms with van der Waals surface area (Å²) < 4.78 is 0. The first-order chi connectivity index (χ1) is 8.40. The van der Waals surface area contributed by atoms with Gasteiger partial charge in [0.25, 0.3) is 0 Å². The summed E-state index contributed by atoms with van der Waals surface area (Å²) in [6, 6.07) is 8.76. The number of rotatable bonds is 5. The van der Waals surface area contributed by atoms with Crippen LogP contribution < -0.4 is 0 Å². The standard InChI is InChI=1S/C17H25N/c1-6-8-14(2)18-13-16-10-7-9-15(11-16)12-17(3,4)5/h6-7,9-11H,1,8,12-13H2,2-5H3. The Labute approximate surface area is 112 Å². The smallest absolute Gasteiger partial charge is 0.0639 e. The van der Waals surface area contributed by atoms with E-state index in [-0.39, 0.29) is 0 Å². The molecule has 1 aromatic carbocycles. The first-order valence-corrected chi connectivity index (χ1v) is 6.59. The van der Waals surface area contributed by atoms with E-state index in [1.165, 1.54) is 11.1 Å². The molecule has 18 heavy (non-hydrogen) atoms. The van der Waals surface area contributed by atoms with Crippen LogP contribution in [0, 0.1) is 5.41 Å². The first-order valence-electron chi connectivity index (χ1n) is 6.59. The van der Waals surface area contributed by atoms with Crippen LogP contribution in [0.2, 0.25) is 0 Å². The van der Waals surface area contributed by atoms with Crippen LogP contribution in [0.4, 0.5) is 0 Å². The van der Waals surface area contributed by atoms with Crippen molar-refractivity contribution in [3.05, 3.63) is 48.0 Å². The summed E-state index contributed by atoms with van der Waals surface area (Å²) in [6.07, 6.45) is 3.88. The normalized spacial score (nSPS) is 12.6. The van der Waals surface area contributed by atoms with Crippen molar-refractivity contribution >= 4 is 5.71 Å². The molecule has 98 valence electrons. The monoisotopic (exact) mass is 243 g/mol. The van der Waals surface area contributed by atoms with E-state index in [1.54, 1.807) is 0 Å². The first kappa shape index (κ1) is 14.7. The molecule has 0 aromatic heterocycles. The Morgan fingerprint density at radius 1 is 1.28 bits per heavy atom. The van der Waals surface area contributed by atoms with Gasteiger partial charge in [-0.2, -0.15) is 0 Å². The third-order valence-corrected chi connectivity index (χ3v) is 2.70. The fourth-order valence-corrected chi connectivity index (χ4v) is 1.95. The van der Waals surface area contributed by atoms with Gasteiger partial charge in [-0.1, -0.05) is 51.1 Å². The summed E-state index contributed by atoms with van der Waals surface area (Å²) >= 11 is 0. The lowest BCUT2D eigenvalue weighted by Crippen LogP contribution is -2.09. The van der Waals surface area contributed by atoms with Gasteiger partial charge >= 0.3 is 0 Å². The predicted octanol–water partition coefficient (Wildman–Crippen LogP) is 4.81. The maximum absolute atomic E-state index is 4.57. The van der Waals surface area contributed by atoms with Crippen LogP contribution >= 0.6 is 0 Å². The Morgan fingerprint density at radius 3 is 2.56 bits per heavy atom. The van der Waals surface area contributed by atoms with Crippen molar-refractivity contribution in [1.82, 2.24) is 0 Å². The second-order valence-electron chi connectivity index (χ2n) is 6.10. The van der Waals surface area contributed by atoms with Crippen LogP contribution in [-0.2, 0) is 13.0 Å². The average Bonchev–Trinajstić information content (AvgIpc) is 2.25. The Bertz CT molecular complexity index is 421. The van der Waals surface area contributed by atoms with Crippen LogP contribution in [0.15, 0.2) is 41.9 Å². The molecule has 0 fully saturated rings. The highest BCUT2D eigenvalue weighted by molar-refractivity contribution is 5.83. The number of benzene rings is 1. The highest BCUT2D eigenvalue weighted by Gasteiger charge is 2.11. The van der Waals surface area contributed by atoms with E-state index in [9.17, 15) is 0 Å². The van der Waals surface area contributed by atoms with Gasteiger partial charge < -0.3 is 0 Å². The molecule has 0 aliphatic carbocycles. The molecule has 1 aromatic rings. The van der Waals surface area contributed by atoms with E-state index in [2.05, 4.69) is 63.5 Å². The molecule has 0 aliphatic rings. The van der Waals surface area contributed by atoms with Gasteiger partial charge in [-0.15, -0.1) is 6.58 Å². The second kappa shape index (κ2) is 6.53. The fraction of sp³-hybridized carbons (Fsp3) is 0.471. The van der Waals surface area contributed by atoms with E-state index in [1.807, 2.05) is 6.08 Å². The van der Waals surface area contributed by atoms with Crippen molar-refractivity contribution in [2.45, 2.75) is 47.1 Å². The largest absolute Gasteiger partial charge is 0.289 e. The van der Waals surface area contributed by atoms with Crippen molar-refractivity contribution < 1.29 is 0 Å². The van der Waals surface area contributed by atoms with Gasteiger partial charge in [0, 0.05) is 12.1 Å². The van der Waals surface area contributed by atoms with Crippen LogP contribution in [0.3, 0.4) is 0 Å². The third kappa shape index (κ3) is 5.81. The van der Waals surface area contributed by atoms with Crippen LogP contribution in [-0.4, -0.2) is 5.71 Å². The Balaban J connectivity index is 2.71. The lowest BCUT2D eigenvalue weighted by atomic mass is 9.88. The Hall–Kier alpha value is -1.37. The molecule has 0 unspecified atom stereocenters. The topological polar surface area (TPSA) is 12.4 Å². The fourth-order valence-electron chi connectivity index (χ4n) is 1.95. The maximum atomic E-state index is 4.57. The van der Waals surface area contributed by atoms with E-state index < -0.39 is 0 Å². The van der Waals surface area contributed by atoms with E-state index >= 15 is 0 Å². The van der Waals surface area contributed by atoms with Gasteiger partial charge in [0.1, 0.15) is 0 Å². The molecule has 1 heteroatoms. The quantitative estimate of drug-likeness (QED) is 0.519. The van der Waals surface area contributed by atoms with Crippen LogP contribution in [0.1, 0.15) is 45.2 Å². The Morgan fingerprint density at radius 2 is 1.94 bits per heavy atom. The Kier molecular flexibility index (Phi) is 5.33. The zero-order valence-corrected chi connectivity index (χ0v) is 12.2. The van der Waals surface area contributed by atoms with Gasteiger partial charge in [-0.05, 0) is 29.9 Å². The molecular formula is C17H25N. The summed E-state index contributed by atoms with van der Waals surface area (Å²) in [4.78, 5) is 4.57. The minimum atomic E-state index is 0.334. The molecule has 0 amide bonds. The molecular weight excluding hydrogens is 218 g/mol.